The van der Waals surface area contributed by atoms with Gasteiger partial charge in [-0.15, -0.1) is 0 Å². The average Bonchev–Trinajstić information content (AvgIpc) is 2.09. The molecule has 0 fully saturated rings. The third-order valence-corrected chi connectivity index (χ3v) is 2.14. The molecule has 2 nitrogen and oxygen atoms in total. The van der Waals surface area contributed by atoms with Gasteiger partial charge in [-0.3, -0.25) is 4.98 Å². The molecular weight excluding hydrogens is 160 g/mol. The molecule has 0 radical (unpaired) electrons. The Bertz CT molecular complexity index is 258. The smallest absolute Gasteiger partial charge is 0.0402 e. The lowest BCUT2D eigenvalue weighted by Gasteiger charge is -2.15. The van der Waals surface area contributed by atoms with E-state index in [1.54, 1.807) is 0 Å². The van der Waals surface area contributed by atoms with Gasteiger partial charge >= 0.3 is 0 Å². The van der Waals surface area contributed by atoms with Crippen molar-refractivity contribution in [3.63, 3.8) is 0 Å². The van der Waals surface area contributed by atoms with Crippen LogP contribution in [0.4, 0.5) is 5.69 Å². The zero-order valence-electron chi connectivity index (χ0n) is 8.67. The molecule has 0 saturated heterocycles. The van der Waals surface area contributed by atoms with Crippen molar-refractivity contribution < 1.29 is 0 Å². The van der Waals surface area contributed by atoms with Crippen LogP contribution in [0.5, 0.6) is 0 Å². The van der Waals surface area contributed by atoms with Gasteiger partial charge in [0.05, 0.1) is 0 Å². The van der Waals surface area contributed by atoms with Gasteiger partial charge in [0.15, 0.2) is 0 Å². The van der Waals surface area contributed by atoms with Gasteiger partial charge in [-0.05, 0) is 31.9 Å². The summed E-state index contributed by atoms with van der Waals surface area (Å²) in [5.41, 5.74) is 2.42. The second kappa shape index (κ2) is 4.85. The van der Waals surface area contributed by atoms with Crippen LogP contribution in [0.2, 0.25) is 0 Å². The van der Waals surface area contributed by atoms with Crippen molar-refractivity contribution in [2.45, 2.75) is 39.7 Å². The zero-order chi connectivity index (χ0) is 9.68. The standard InChI is InChI=1S/C11H18N2/c1-4-5-10(3)13-11-6-7-12-8-9(11)2/h6-8,10H,4-5H2,1-3H3,(H,12,13). The average molecular weight is 178 g/mol. The Kier molecular flexibility index (Phi) is 3.74. The van der Waals surface area contributed by atoms with Crippen molar-refractivity contribution in [1.29, 1.82) is 0 Å². The molecule has 1 aromatic rings. The maximum atomic E-state index is 4.06. The summed E-state index contributed by atoms with van der Waals surface area (Å²) >= 11 is 0. The monoisotopic (exact) mass is 178 g/mol. The van der Waals surface area contributed by atoms with Gasteiger partial charge in [0, 0.05) is 24.1 Å². The molecule has 0 aromatic carbocycles. The summed E-state index contributed by atoms with van der Waals surface area (Å²) < 4.78 is 0. The lowest BCUT2D eigenvalue weighted by Crippen LogP contribution is -2.15. The van der Waals surface area contributed by atoms with Crippen LogP contribution in [-0.2, 0) is 0 Å². The highest BCUT2D eigenvalue weighted by Gasteiger charge is 2.01. The fourth-order valence-electron chi connectivity index (χ4n) is 1.41. The second-order valence-electron chi connectivity index (χ2n) is 3.52. The number of rotatable bonds is 4. The van der Waals surface area contributed by atoms with E-state index in [1.807, 2.05) is 18.5 Å². The minimum atomic E-state index is 0.547. The van der Waals surface area contributed by atoms with Gasteiger partial charge in [-0.25, -0.2) is 0 Å². The zero-order valence-corrected chi connectivity index (χ0v) is 8.67. The van der Waals surface area contributed by atoms with Gasteiger partial charge in [0.1, 0.15) is 0 Å². The molecule has 0 bridgehead atoms. The number of nitrogens with one attached hydrogen (secondary N) is 1. The highest BCUT2D eigenvalue weighted by molar-refractivity contribution is 5.49. The highest BCUT2D eigenvalue weighted by Crippen LogP contribution is 2.14. The first-order valence-corrected chi connectivity index (χ1v) is 4.91. The SMILES string of the molecule is CCCC(C)Nc1ccncc1C. The summed E-state index contributed by atoms with van der Waals surface area (Å²) in [5, 5.41) is 3.47. The Balaban J connectivity index is 2.58. The van der Waals surface area contributed by atoms with Crippen molar-refractivity contribution in [1.82, 2.24) is 4.98 Å². The Labute approximate surface area is 80.4 Å². The number of hydrogen-bond donors (Lipinski definition) is 1. The molecule has 0 aliphatic carbocycles. The van der Waals surface area contributed by atoms with Crippen LogP contribution >= 0.6 is 0 Å². The lowest BCUT2D eigenvalue weighted by atomic mass is 10.1. The summed E-state index contributed by atoms with van der Waals surface area (Å²) in [4.78, 5) is 4.06. The van der Waals surface area contributed by atoms with Crippen molar-refractivity contribution in [2.75, 3.05) is 5.32 Å². The van der Waals surface area contributed by atoms with Crippen LogP contribution < -0.4 is 5.32 Å². The number of anilines is 1. The van der Waals surface area contributed by atoms with Gasteiger partial charge in [-0.1, -0.05) is 13.3 Å². The molecule has 2 heteroatoms. The van der Waals surface area contributed by atoms with Crippen molar-refractivity contribution in [2.24, 2.45) is 0 Å². The molecule has 0 saturated carbocycles. The topological polar surface area (TPSA) is 24.9 Å². The molecule has 13 heavy (non-hydrogen) atoms. The van der Waals surface area contributed by atoms with Gasteiger partial charge in [-0.2, -0.15) is 0 Å². The largest absolute Gasteiger partial charge is 0.382 e. The van der Waals surface area contributed by atoms with Crippen molar-refractivity contribution >= 4 is 5.69 Å². The molecule has 1 unspecified atom stereocenters. The van der Waals surface area contributed by atoms with E-state index in [1.165, 1.54) is 24.1 Å². The molecule has 0 spiro atoms. The molecule has 0 aliphatic rings. The lowest BCUT2D eigenvalue weighted by molar-refractivity contribution is 0.690. The molecule has 1 rings (SSSR count). The molecule has 1 N–H and O–H groups in total. The number of aryl methyl sites for hydroxylation is 1. The number of hydrogen-bond acceptors (Lipinski definition) is 2. The first-order valence-electron chi connectivity index (χ1n) is 4.91. The maximum absolute atomic E-state index is 4.06. The van der Waals surface area contributed by atoms with E-state index in [2.05, 4.69) is 31.1 Å². The van der Waals surface area contributed by atoms with Crippen LogP contribution in [0.15, 0.2) is 18.5 Å². The number of nitrogens with zero attached hydrogens (tertiary/aromatic N) is 1. The van der Waals surface area contributed by atoms with Gasteiger partial charge in [0.25, 0.3) is 0 Å². The van der Waals surface area contributed by atoms with Crippen molar-refractivity contribution in [3.8, 4) is 0 Å². The molecule has 0 amide bonds. The molecular formula is C11H18N2. The molecule has 0 aliphatic heterocycles. The van der Waals surface area contributed by atoms with Gasteiger partial charge in [0.2, 0.25) is 0 Å². The molecule has 1 heterocycles. The van der Waals surface area contributed by atoms with E-state index < -0.39 is 0 Å². The van der Waals surface area contributed by atoms with Crippen LogP contribution in [0, 0.1) is 6.92 Å². The van der Waals surface area contributed by atoms with E-state index >= 15 is 0 Å². The van der Waals surface area contributed by atoms with E-state index in [-0.39, 0.29) is 0 Å². The Morgan fingerprint density at radius 1 is 1.54 bits per heavy atom. The van der Waals surface area contributed by atoms with Crippen LogP contribution in [0.1, 0.15) is 32.3 Å². The Hall–Kier alpha value is -1.05. The quantitative estimate of drug-likeness (QED) is 0.766. The minimum absolute atomic E-state index is 0.547. The Morgan fingerprint density at radius 2 is 2.31 bits per heavy atom. The summed E-state index contributed by atoms with van der Waals surface area (Å²) in [6.45, 7) is 6.49. The van der Waals surface area contributed by atoms with Crippen LogP contribution in [0.25, 0.3) is 0 Å². The first kappa shape index (κ1) is 10.0. The van der Waals surface area contributed by atoms with E-state index in [0.717, 1.165) is 0 Å². The molecule has 72 valence electrons. The van der Waals surface area contributed by atoms with E-state index in [9.17, 15) is 0 Å². The Morgan fingerprint density at radius 3 is 2.92 bits per heavy atom. The predicted octanol–water partition coefficient (Wildman–Crippen LogP) is 2.99. The fourth-order valence-corrected chi connectivity index (χ4v) is 1.41. The minimum Gasteiger partial charge on any atom is -0.382 e. The highest BCUT2D eigenvalue weighted by atomic mass is 14.9. The fraction of sp³-hybridized carbons (Fsp3) is 0.545. The number of pyridine rings is 1. The summed E-state index contributed by atoms with van der Waals surface area (Å²) in [6, 6.07) is 2.58. The summed E-state index contributed by atoms with van der Waals surface area (Å²) in [7, 11) is 0. The van der Waals surface area contributed by atoms with Crippen LogP contribution in [0.3, 0.4) is 0 Å². The van der Waals surface area contributed by atoms with E-state index in [4.69, 9.17) is 0 Å². The summed E-state index contributed by atoms with van der Waals surface area (Å²) in [5.74, 6) is 0. The summed E-state index contributed by atoms with van der Waals surface area (Å²) in [6.07, 6.45) is 6.15. The normalized spacial score (nSPS) is 12.5. The van der Waals surface area contributed by atoms with Crippen molar-refractivity contribution in [3.05, 3.63) is 24.0 Å². The van der Waals surface area contributed by atoms with Gasteiger partial charge < -0.3 is 5.32 Å². The third kappa shape index (κ3) is 3.05. The first-order chi connectivity index (χ1) is 6.24. The maximum Gasteiger partial charge on any atom is 0.0402 e. The molecule has 1 atom stereocenters. The third-order valence-electron chi connectivity index (χ3n) is 2.14. The van der Waals surface area contributed by atoms with E-state index in [0.29, 0.717) is 6.04 Å². The molecule has 1 aromatic heterocycles. The second-order valence-corrected chi connectivity index (χ2v) is 3.52. The number of aromatic nitrogens is 1. The predicted molar refractivity (Wildman–Crippen MR) is 57.0 cm³/mol. The van der Waals surface area contributed by atoms with Crippen LogP contribution in [-0.4, -0.2) is 11.0 Å².